The van der Waals surface area contributed by atoms with Crippen LogP contribution in [0.2, 0.25) is 0 Å². The van der Waals surface area contributed by atoms with E-state index in [1.807, 2.05) is 38.4 Å². The van der Waals surface area contributed by atoms with Gasteiger partial charge < -0.3 is 5.32 Å². The summed E-state index contributed by atoms with van der Waals surface area (Å²) in [5, 5.41) is 7.18. The normalized spacial score (nSPS) is 11.6. The predicted molar refractivity (Wildman–Crippen MR) is 105 cm³/mol. The van der Waals surface area contributed by atoms with Crippen molar-refractivity contribution < 1.29 is 13.2 Å². The Balaban J connectivity index is 1.70. The summed E-state index contributed by atoms with van der Waals surface area (Å²) in [7, 11) is -3.60. The SMILES string of the molecule is Cc1cc(C)n(CCCNC(=O)CCNS(=O)(=O)c2ccc(C)c(C)c2)n1. The number of carbonyl (C=O) groups excluding carboxylic acids is 1. The van der Waals surface area contributed by atoms with Crippen LogP contribution in [0.3, 0.4) is 0 Å². The van der Waals surface area contributed by atoms with Gasteiger partial charge in [0.1, 0.15) is 0 Å². The van der Waals surface area contributed by atoms with Crippen LogP contribution in [0.25, 0.3) is 0 Å². The molecule has 1 aromatic carbocycles. The van der Waals surface area contributed by atoms with E-state index in [1.165, 1.54) is 0 Å². The van der Waals surface area contributed by atoms with Gasteiger partial charge in [0.05, 0.1) is 10.6 Å². The van der Waals surface area contributed by atoms with Crippen molar-refractivity contribution in [2.24, 2.45) is 0 Å². The quantitative estimate of drug-likeness (QED) is 0.638. The lowest BCUT2D eigenvalue weighted by atomic mass is 10.1. The van der Waals surface area contributed by atoms with Crippen molar-refractivity contribution in [2.45, 2.75) is 52.0 Å². The lowest BCUT2D eigenvalue weighted by molar-refractivity contribution is -0.120. The maximum absolute atomic E-state index is 12.3. The predicted octanol–water partition coefficient (Wildman–Crippen LogP) is 1.99. The van der Waals surface area contributed by atoms with E-state index in [4.69, 9.17) is 0 Å². The Morgan fingerprint density at radius 1 is 1.07 bits per heavy atom. The summed E-state index contributed by atoms with van der Waals surface area (Å²) in [4.78, 5) is 12.1. The van der Waals surface area contributed by atoms with Crippen LogP contribution in [0.15, 0.2) is 29.2 Å². The molecule has 0 atom stereocenters. The minimum Gasteiger partial charge on any atom is -0.356 e. The molecule has 0 fully saturated rings. The van der Waals surface area contributed by atoms with Crippen LogP contribution in [-0.2, 0) is 21.4 Å². The molecule has 0 aliphatic carbocycles. The monoisotopic (exact) mass is 392 g/mol. The smallest absolute Gasteiger partial charge is 0.240 e. The molecule has 27 heavy (non-hydrogen) atoms. The second kappa shape index (κ2) is 9.14. The Kier molecular flexibility index (Phi) is 7.15. The fourth-order valence-corrected chi connectivity index (χ4v) is 3.83. The minimum absolute atomic E-state index is 0.0680. The number of nitrogens with one attached hydrogen (secondary N) is 2. The first-order chi connectivity index (χ1) is 12.7. The maximum Gasteiger partial charge on any atom is 0.240 e. The molecule has 1 amide bonds. The van der Waals surface area contributed by atoms with Gasteiger partial charge in [-0.2, -0.15) is 5.10 Å². The molecular formula is C19H28N4O3S. The van der Waals surface area contributed by atoms with Gasteiger partial charge in [-0.15, -0.1) is 0 Å². The van der Waals surface area contributed by atoms with Crippen LogP contribution in [0.1, 0.15) is 35.4 Å². The van der Waals surface area contributed by atoms with Gasteiger partial charge in [-0.25, -0.2) is 13.1 Å². The highest BCUT2D eigenvalue weighted by Crippen LogP contribution is 2.14. The van der Waals surface area contributed by atoms with E-state index >= 15 is 0 Å². The van der Waals surface area contributed by atoms with Crippen molar-refractivity contribution in [1.82, 2.24) is 19.8 Å². The van der Waals surface area contributed by atoms with Gasteiger partial charge in [-0.1, -0.05) is 6.07 Å². The van der Waals surface area contributed by atoms with Gasteiger partial charge in [0.2, 0.25) is 15.9 Å². The van der Waals surface area contributed by atoms with Crippen LogP contribution in [0, 0.1) is 27.7 Å². The summed E-state index contributed by atoms with van der Waals surface area (Å²) in [5.74, 6) is -0.175. The average Bonchev–Trinajstić information content (AvgIpc) is 2.91. The molecule has 0 unspecified atom stereocenters. The Morgan fingerprint density at radius 3 is 2.44 bits per heavy atom. The van der Waals surface area contributed by atoms with E-state index in [1.54, 1.807) is 18.2 Å². The van der Waals surface area contributed by atoms with Crippen molar-refractivity contribution >= 4 is 15.9 Å². The second-order valence-corrected chi connectivity index (χ2v) is 8.51. The van der Waals surface area contributed by atoms with Gasteiger partial charge >= 0.3 is 0 Å². The molecule has 8 heteroatoms. The number of sulfonamides is 1. The highest BCUT2D eigenvalue weighted by atomic mass is 32.2. The van der Waals surface area contributed by atoms with E-state index in [-0.39, 0.29) is 23.8 Å². The van der Waals surface area contributed by atoms with E-state index in [0.29, 0.717) is 6.54 Å². The zero-order chi connectivity index (χ0) is 20.0. The number of aromatic nitrogens is 2. The lowest BCUT2D eigenvalue weighted by Gasteiger charge is -2.09. The molecule has 7 nitrogen and oxygen atoms in total. The largest absolute Gasteiger partial charge is 0.356 e. The topological polar surface area (TPSA) is 93.1 Å². The molecule has 148 valence electrons. The highest BCUT2D eigenvalue weighted by molar-refractivity contribution is 7.89. The summed E-state index contributed by atoms with van der Waals surface area (Å²) in [6.45, 7) is 9.08. The number of rotatable bonds is 9. The molecule has 0 aliphatic rings. The standard InChI is InChI=1S/C19H28N4O3S/c1-14-6-7-18(12-15(14)2)27(25,26)21-10-8-19(24)20-9-5-11-23-17(4)13-16(3)22-23/h6-7,12-13,21H,5,8-11H2,1-4H3,(H,20,24). The van der Waals surface area contributed by atoms with Crippen LogP contribution < -0.4 is 10.0 Å². The summed E-state index contributed by atoms with van der Waals surface area (Å²) >= 11 is 0. The molecule has 0 radical (unpaired) electrons. The summed E-state index contributed by atoms with van der Waals surface area (Å²) in [6, 6.07) is 7.00. The third kappa shape index (κ3) is 6.18. The van der Waals surface area contributed by atoms with Gasteiger partial charge in [0.25, 0.3) is 0 Å². The Bertz CT molecular complexity index is 904. The molecule has 2 rings (SSSR count). The van der Waals surface area contributed by atoms with Gasteiger partial charge in [0, 0.05) is 31.7 Å². The molecule has 1 heterocycles. The van der Waals surface area contributed by atoms with E-state index in [2.05, 4.69) is 15.1 Å². The van der Waals surface area contributed by atoms with Crippen LogP contribution >= 0.6 is 0 Å². The molecule has 0 spiro atoms. The number of hydrogen-bond acceptors (Lipinski definition) is 4. The van der Waals surface area contributed by atoms with Crippen molar-refractivity contribution in [3.63, 3.8) is 0 Å². The van der Waals surface area contributed by atoms with Crippen molar-refractivity contribution in [1.29, 1.82) is 0 Å². The van der Waals surface area contributed by atoms with E-state index < -0.39 is 10.0 Å². The molecular weight excluding hydrogens is 364 g/mol. The average molecular weight is 393 g/mol. The molecule has 2 N–H and O–H groups in total. The highest BCUT2D eigenvalue weighted by Gasteiger charge is 2.14. The zero-order valence-corrected chi connectivity index (χ0v) is 17.2. The van der Waals surface area contributed by atoms with Crippen molar-refractivity contribution in [2.75, 3.05) is 13.1 Å². The lowest BCUT2D eigenvalue weighted by Crippen LogP contribution is -2.31. The zero-order valence-electron chi connectivity index (χ0n) is 16.4. The molecule has 1 aromatic heterocycles. The number of aryl methyl sites for hydroxylation is 5. The molecule has 0 saturated heterocycles. The first-order valence-electron chi connectivity index (χ1n) is 9.04. The number of benzene rings is 1. The van der Waals surface area contributed by atoms with Crippen molar-refractivity contribution in [3.05, 3.63) is 46.8 Å². The molecule has 0 aliphatic heterocycles. The summed E-state index contributed by atoms with van der Waals surface area (Å²) < 4.78 is 28.9. The summed E-state index contributed by atoms with van der Waals surface area (Å²) in [6.07, 6.45) is 0.867. The first kappa shape index (κ1) is 21.1. The third-order valence-electron chi connectivity index (χ3n) is 4.41. The fourth-order valence-electron chi connectivity index (χ4n) is 2.71. The third-order valence-corrected chi connectivity index (χ3v) is 5.86. The Morgan fingerprint density at radius 2 is 1.81 bits per heavy atom. The molecule has 0 bridgehead atoms. The Hall–Kier alpha value is -2.19. The second-order valence-electron chi connectivity index (χ2n) is 6.75. The summed E-state index contributed by atoms with van der Waals surface area (Å²) in [5.41, 5.74) is 4.03. The van der Waals surface area contributed by atoms with Crippen molar-refractivity contribution in [3.8, 4) is 0 Å². The number of nitrogens with zero attached hydrogens (tertiary/aromatic N) is 2. The van der Waals surface area contributed by atoms with Crippen LogP contribution in [-0.4, -0.2) is 37.2 Å². The molecule has 2 aromatic rings. The van der Waals surface area contributed by atoms with Gasteiger partial charge in [-0.05, 0) is 63.4 Å². The number of carbonyl (C=O) groups is 1. The van der Waals surface area contributed by atoms with E-state index in [9.17, 15) is 13.2 Å². The van der Waals surface area contributed by atoms with Crippen LogP contribution in [0.4, 0.5) is 0 Å². The first-order valence-corrected chi connectivity index (χ1v) is 10.5. The number of hydrogen-bond donors (Lipinski definition) is 2. The molecule has 0 saturated carbocycles. The maximum atomic E-state index is 12.3. The number of amides is 1. The minimum atomic E-state index is -3.60. The Labute approximate surface area is 161 Å². The van der Waals surface area contributed by atoms with E-state index in [0.717, 1.165) is 35.5 Å². The van der Waals surface area contributed by atoms with Crippen LogP contribution in [0.5, 0.6) is 0 Å². The van der Waals surface area contributed by atoms with Gasteiger partial charge in [0.15, 0.2) is 0 Å². The fraction of sp³-hybridized carbons (Fsp3) is 0.474. The van der Waals surface area contributed by atoms with Gasteiger partial charge in [-0.3, -0.25) is 9.48 Å².